The second-order valence-corrected chi connectivity index (χ2v) is 8.11. The van der Waals surface area contributed by atoms with Gasteiger partial charge in [-0.2, -0.15) is 0 Å². The van der Waals surface area contributed by atoms with Crippen molar-refractivity contribution in [2.24, 2.45) is 0 Å². The van der Waals surface area contributed by atoms with Crippen molar-refractivity contribution in [2.75, 3.05) is 12.8 Å². The number of fused-ring (bicyclic) bond motifs is 1. The summed E-state index contributed by atoms with van der Waals surface area (Å²) in [5.41, 5.74) is 1.29. The van der Waals surface area contributed by atoms with E-state index in [4.69, 9.17) is 0 Å². The first kappa shape index (κ1) is 18.6. The van der Waals surface area contributed by atoms with Crippen LogP contribution in [-0.4, -0.2) is 43.4 Å². The highest BCUT2D eigenvalue weighted by Gasteiger charge is 2.16. The first-order chi connectivity index (χ1) is 13.6. The largest absolute Gasteiger partial charge is 0.338 e. The number of amides is 1. The van der Waals surface area contributed by atoms with Gasteiger partial charge in [0.1, 0.15) is 17.2 Å². The third-order valence-electron chi connectivity index (χ3n) is 4.09. The number of aromatic nitrogens is 4. The van der Waals surface area contributed by atoms with E-state index in [-0.39, 0.29) is 17.5 Å². The SMILES string of the molecule is CN(Cc1nc2ccccc2s1)C(=O)CSc1nncn1-c1ccccc1F. The van der Waals surface area contributed by atoms with Crippen LogP contribution in [0, 0.1) is 5.82 Å². The Morgan fingerprint density at radius 1 is 1.21 bits per heavy atom. The molecule has 0 aliphatic heterocycles. The van der Waals surface area contributed by atoms with Gasteiger partial charge in [-0.05, 0) is 24.3 Å². The maximum atomic E-state index is 14.0. The van der Waals surface area contributed by atoms with E-state index in [1.807, 2.05) is 24.3 Å². The third-order valence-corrected chi connectivity index (χ3v) is 6.04. The van der Waals surface area contributed by atoms with Gasteiger partial charge in [-0.15, -0.1) is 21.5 Å². The maximum absolute atomic E-state index is 14.0. The average Bonchev–Trinajstić information content (AvgIpc) is 3.32. The van der Waals surface area contributed by atoms with Gasteiger partial charge >= 0.3 is 0 Å². The molecule has 1 amide bonds. The molecule has 9 heteroatoms. The minimum absolute atomic E-state index is 0.0626. The second-order valence-electron chi connectivity index (χ2n) is 6.05. The van der Waals surface area contributed by atoms with Crippen LogP contribution in [0.3, 0.4) is 0 Å². The molecule has 0 bridgehead atoms. The summed E-state index contributed by atoms with van der Waals surface area (Å²) in [7, 11) is 1.75. The van der Waals surface area contributed by atoms with Crippen molar-refractivity contribution in [3.63, 3.8) is 0 Å². The van der Waals surface area contributed by atoms with Gasteiger partial charge in [0, 0.05) is 7.05 Å². The van der Waals surface area contributed by atoms with Crippen molar-refractivity contribution in [1.29, 1.82) is 0 Å². The van der Waals surface area contributed by atoms with Gasteiger partial charge in [0.2, 0.25) is 5.91 Å². The Kier molecular flexibility index (Phi) is 5.36. The van der Waals surface area contributed by atoms with Crippen molar-refractivity contribution < 1.29 is 9.18 Å². The van der Waals surface area contributed by atoms with Crippen LogP contribution in [0.25, 0.3) is 15.9 Å². The molecule has 0 spiro atoms. The van der Waals surface area contributed by atoms with Crippen molar-refractivity contribution in [3.8, 4) is 5.69 Å². The molecule has 2 aromatic heterocycles. The van der Waals surface area contributed by atoms with Crippen LogP contribution in [0.15, 0.2) is 60.0 Å². The molecular formula is C19H16FN5OS2. The Bertz CT molecular complexity index is 1090. The topological polar surface area (TPSA) is 63.9 Å². The molecule has 0 N–H and O–H groups in total. The van der Waals surface area contributed by atoms with E-state index in [0.29, 0.717) is 17.4 Å². The molecule has 0 aliphatic carbocycles. The molecular weight excluding hydrogens is 397 g/mol. The highest BCUT2D eigenvalue weighted by molar-refractivity contribution is 7.99. The summed E-state index contributed by atoms with van der Waals surface area (Å²) >= 11 is 2.80. The molecule has 0 aliphatic rings. The van der Waals surface area contributed by atoms with E-state index in [2.05, 4.69) is 15.2 Å². The standard InChI is InChI=1S/C19H16FN5OS2/c1-24(10-17-22-14-7-3-5-9-16(14)28-17)18(26)11-27-19-23-21-12-25(19)15-8-4-2-6-13(15)20/h2-9,12H,10-11H2,1H3. The summed E-state index contributed by atoms with van der Waals surface area (Å²) < 4.78 is 16.7. The Morgan fingerprint density at radius 3 is 2.82 bits per heavy atom. The molecule has 0 atom stereocenters. The quantitative estimate of drug-likeness (QED) is 0.450. The fourth-order valence-corrected chi connectivity index (χ4v) is 4.53. The molecule has 4 rings (SSSR count). The van der Waals surface area contributed by atoms with Gasteiger partial charge in [-0.1, -0.05) is 36.0 Å². The summed E-state index contributed by atoms with van der Waals surface area (Å²) in [6.07, 6.45) is 1.44. The highest BCUT2D eigenvalue weighted by Crippen LogP contribution is 2.24. The van der Waals surface area contributed by atoms with Gasteiger partial charge in [-0.25, -0.2) is 9.37 Å². The number of nitrogens with zero attached hydrogens (tertiary/aromatic N) is 5. The fraction of sp³-hybridized carbons (Fsp3) is 0.158. The lowest BCUT2D eigenvalue weighted by Gasteiger charge is -2.15. The number of para-hydroxylation sites is 2. The van der Waals surface area contributed by atoms with Gasteiger partial charge < -0.3 is 4.90 Å². The molecule has 0 saturated heterocycles. The number of halogens is 1. The van der Waals surface area contributed by atoms with Crippen LogP contribution < -0.4 is 0 Å². The number of carbonyl (C=O) groups excluding carboxylic acids is 1. The molecule has 2 aromatic carbocycles. The molecule has 0 unspecified atom stereocenters. The zero-order valence-corrected chi connectivity index (χ0v) is 16.6. The Hall–Kier alpha value is -2.78. The summed E-state index contributed by atoms with van der Waals surface area (Å²) in [5.74, 6) is -0.259. The van der Waals surface area contributed by atoms with E-state index in [1.165, 1.54) is 24.2 Å². The summed E-state index contributed by atoms with van der Waals surface area (Å²) in [5, 5.41) is 9.20. The average molecular weight is 414 g/mol. The molecule has 28 heavy (non-hydrogen) atoms. The van der Waals surface area contributed by atoms with E-state index in [1.54, 1.807) is 46.1 Å². The fourth-order valence-electron chi connectivity index (χ4n) is 2.65. The predicted octanol–water partition coefficient (Wildman–Crippen LogP) is 3.77. The van der Waals surface area contributed by atoms with Crippen LogP contribution in [0.4, 0.5) is 4.39 Å². The van der Waals surface area contributed by atoms with Crippen molar-refractivity contribution in [3.05, 3.63) is 65.7 Å². The van der Waals surface area contributed by atoms with E-state index in [9.17, 15) is 9.18 Å². The lowest BCUT2D eigenvalue weighted by atomic mass is 10.3. The molecule has 142 valence electrons. The second kappa shape index (κ2) is 8.07. The van der Waals surface area contributed by atoms with Crippen LogP contribution in [0.2, 0.25) is 0 Å². The third kappa shape index (κ3) is 3.90. The van der Waals surface area contributed by atoms with Gasteiger partial charge in [0.15, 0.2) is 5.16 Å². The maximum Gasteiger partial charge on any atom is 0.233 e. The summed E-state index contributed by atoms with van der Waals surface area (Å²) in [4.78, 5) is 18.7. The Morgan fingerprint density at radius 2 is 2.00 bits per heavy atom. The minimum atomic E-state index is -0.372. The van der Waals surface area contributed by atoms with Crippen molar-refractivity contribution in [1.82, 2.24) is 24.6 Å². The first-order valence-electron chi connectivity index (χ1n) is 8.48. The van der Waals surface area contributed by atoms with Crippen molar-refractivity contribution >= 4 is 39.2 Å². The monoisotopic (exact) mass is 413 g/mol. The zero-order valence-electron chi connectivity index (χ0n) is 14.9. The zero-order chi connectivity index (χ0) is 19.5. The number of carbonyl (C=O) groups is 1. The van der Waals surface area contributed by atoms with Gasteiger partial charge in [-0.3, -0.25) is 9.36 Å². The molecule has 0 fully saturated rings. The summed E-state index contributed by atoms with van der Waals surface area (Å²) in [6, 6.07) is 14.3. The van der Waals surface area contributed by atoms with Gasteiger partial charge in [0.25, 0.3) is 0 Å². The molecule has 0 saturated carbocycles. The number of benzene rings is 2. The molecule has 0 radical (unpaired) electrons. The van der Waals surface area contributed by atoms with Crippen molar-refractivity contribution in [2.45, 2.75) is 11.7 Å². The molecule has 2 heterocycles. The van der Waals surface area contributed by atoms with E-state index >= 15 is 0 Å². The Labute approximate surface area is 169 Å². The minimum Gasteiger partial charge on any atom is -0.338 e. The number of thioether (sulfide) groups is 1. The molecule has 6 nitrogen and oxygen atoms in total. The number of hydrogen-bond donors (Lipinski definition) is 0. The normalized spacial score (nSPS) is 11.1. The first-order valence-corrected chi connectivity index (χ1v) is 10.3. The number of rotatable bonds is 6. The van der Waals surface area contributed by atoms with Crippen LogP contribution in [0.1, 0.15) is 5.01 Å². The number of thiazole rings is 1. The lowest BCUT2D eigenvalue weighted by Crippen LogP contribution is -2.27. The summed E-state index contributed by atoms with van der Waals surface area (Å²) in [6.45, 7) is 0.443. The van der Waals surface area contributed by atoms with E-state index in [0.717, 1.165) is 15.2 Å². The van der Waals surface area contributed by atoms with Crippen LogP contribution in [-0.2, 0) is 11.3 Å². The Balaban J connectivity index is 1.41. The number of hydrogen-bond acceptors (Lipinski definition) is 6. The van der Waals surface area contributed by atoms with Gasteiger partial charge in [0.05, 0.1) is 28.2 Å². The van der Waals surface area contributed by atoms with Crippen LogP contribution >= 0.6 is 23.1 Å². The van der Waals surface area contributed by atoms with Crippen LogP contribution in [0.5, 0.6) is 0 Å². The highest BCUT2D eigenvalue weighted by atomic mass is 32.2. The predicted molar refractivity (Wildman–Crippen MR) is 108 cm³/mol. The smallest absolute Gasteiger partial charge is 0.233 e. The van der Waals surface area contributed by atoms with E-state index < -0.39 is 0 Å². The molecule has 4 aromatic rings. The lowest BCUT2D eigenvalue weighted by molar-refractivity contribution is -0.127.